The maximum absolute atomic E-state index is 14.6. The number of methoxy groups -OCH3 is 1. The Morgan fingerprint density at radius 3 is 2.48 bits per heavy atom. The van der Waals surface area contributed by atoms with Crippen LogP contribution in [0.25, 0.3) is 0 Å². The second-order valence-electron chi connectivity index (χ2n) is 12.2. The molecule has 0 N–H and O–H groups in total. The Kier molecular flexibility index (Phi) is 9.04. The second-order valence-corrected chi connectivity index (χ2v) is 14.5. The zero-order valence-corrected chi connectivity index (χ0v) is 27.3. The van der Waals surface area contributed by atoms with Gasteiger partial charge in [-0.3, -0.25) is 14.5 Å². The number of amides is 2. The molecule has 2 fully saturated rings. The lowest BCUT2D eigenvalue weighted by Gasteiger charge is -2.45. The van der Waals surface area contributed by atoms with E-state index in [9.17, 15) is 14.4 Å². The molecule has 11 heteroatoms. The zero-order chi connectivity index (χ0) is 30.2. The fourth-order valence-electron chi connectivity index (χ4n) is 5.98. The molecule has 1 atom stereocenters. The molecule has 0 bridgehead atoms. The summed E-state index contributed by atoms with van der Waals surface area (Å²) in [5.41, 5.74) is 0.347. The van der Waals surface area contributed by atoms with E-state index in [-0.39, 0.29) is 50.3 Å². The Labute approximate surface area is 259 Å². The van der Waals surface area contributed by atoms with Crippen LogP contribution >= 0.6 is 27.3 Å². The van der Waals surface area contributed by atoms with Gasteiger partial charge < -0.3 is 23.8 Å². The molecule has 0 aliphatic carbocycles. The average molecular weight is 664 g/mol. The van der Waals surface area contributed by atoms with E-state index in [1.54, 1.807) is 16.9 Å². The molecule has 0 unspecified atom stereocenters. The number of fused-ring (bicyclic) bond motifs is 1. The number of ether oxygens (including phenoxy) is 4. The van der Waals surface area contributed by atoms with Gasteiger partial charge in [0, 0.05) is 31.9 Å². The number of carbonyl (C=O) groups is 3. The number of piperidine rings is 1. The predicted octanol–water partition coefficient (Wildman–Crippen LogP) is 6.31. The van der Waals surface area contributed by atoms with Crippen molar-refractivity contribution in [2.24, 2.45) is 5.41 Å². The van der Waals surface area contributed by atoms with Gasteiger partial charge in [-0.05, 0) is 80.9 Å². The number of thiophene rings is 1. The van der Waals surface area contributed by atoms with Crippen molar-refractivity contribution in [1.82, 2.24) is 4.90 Å². The van der Waals surface area contributed by atoms with Crippen molar-refractivity contribution in [3.8, 4) is 5.75 Å². The van der Waals surface area contributed by atoms with Gasteiger partial charge in [-0.2, -0.15) is 0 Å². The predicted molar refractivity (Wildman–Crippen MR) is 164 cm³/mol. The number of nitrogens with zero attached hydrogens (tertiary/aromatic N) is 2. The molecule has 42 heavy (non-hydrogen) atoms. The summed E-state index contributed by atoms with van der Waals surface area (Å²) in [6.07, 6.45) is 1.03. The lowest BCUT2D eigenvalue weighted by Crippen LogP contribution is -2.58. The van der Waals surface area contributed by atoms with Crippen LogP contribution in [0.4, 0.5) is 9.80 Å². The van der Waals surface area contributed by atoms with Crippen LogP contribution in [-0.2, 0) is 19.0 Å². The standard InChI is InChI=1S/C31H39BrN2O7S/c1-19-24-25(35)31(12-14-33(15-13-31)29(37)41-30(2,3)4)28(36)34(27(24)42-26(19)32)18-23(40-20-10-16-39-17-11-20)21-8-6-7-9-22(21)38-5/h6-9,20,23H,10-18H2,1-5H3/t23-/m0/s1. The molecule has 2 aromatic rings. The van der Waals surface area contributed by atoms with Gasteiger partial charge >= 0.3 is 6.09 Å². The van der Waals surface area contributed by atoms with E-state index in [4.69, 9.17) is 18.9 Å². The van der Waals surface area contributed by atoms with Gasteiger partial charge in [0.2, 0.25) is 5.91 Å². The Bertz CT molecular complexity index is 1340. The highest BCUT2D eigenvalue weighted by atomic mass is 79.9. The SMILES string of the molecule is COc1ccccc1[C@H](CN1C(=O)C2(CCN(C(=O)OC(C)(C)C)CC2)C(=O)c2c1sc(Br)c2C)OC1CCOCC1. The van der Waals surface area contributed by atoms with Crippen LogP contribution in [0, 0.1) is 12.3 Å². The second kappa shape index (κ2) is 12.3. The molecule has 4 heterocycles. The first kappa shape index (κ1) is 31.0. The maximum Gasteiger partial charge on any atom is 0.410 e. The first-order valence-corrected chi connectivity index (χ1v) is 16.1. The van der Waals surface area contributed by atoms with Gasteiger partial charge in [-0.25, -0.2) is 4.79 Å². The van der Waals surface area contributed by atoms with Gasteiger partial charge in [0.1, 0.15) is 27.9 Å². The number of carbonyl (C=O) groups excluding carboxylic acids is 3. The Morgan fingerprint density at radius 1 is 1.17 bits per heavy atom. The number of halogens is 1. The molecule has 1 aromatic heterocycles. The number of hydrogen-bond acceptors (Lipinski definition) is 8. The van der Waals surface area contributed by atoms with Crippen molar-refractivity contribution in [3.05, 3.63) is 44.7 Å². The Balaban J connectivity index is 1.49. The lowest BCUT2D eigenvalue weighted by atomic mass is 9.69. The smallest absolute Gasteiger partial charge is 0.410 e. The number of para-hydroxylation sites is 1. The van der Waals surface area contributed by atoms with E-state index in [0.29, 0.717) is 29.5 Å². The van der Waals surface area contributed by atoms with E-state index in [1.165, 1.54) is 11.3 Å². The minimum Gasteiger partial charge on any atom is -0.496 e. The Morgan fingerprint density at radius 2 is 1.83 bits per heavy atom. The molecule has 2 amide bonds. The number of anilines is 1. The van der Waals surface area contributed by atoms with E-state index < -0.39 is 23.2 Å². The molecular weight excluding hydrogens is 624 g/mol. The molecule has 0 saturated carbocycles. The van der Waals surface area contributed by atoms with Crippen molar-refractivity contribution in [1.29, 1.82) is 0 Å². The molecular formula is C31H39BrN2O7S. The number of ketones is 1. The van der Waals surface area contributed by atoms with E-state index in [2.05, 4.69) is 15.9 Å². The zero-order valence-electron chi connectivity index (χ0n) is 24.9. The number of hydrogen-bond donors (Lipinski definition) is 0. The van der Waals surface area contributed by atoms with Crippen LogP contribution in [0.15, 0.2) is 28.1 Å². The van der Waals surface area contributed by atoms with Crippen molar-refractivity contribution in [2.45, 2.75) is 71.2 Å². The molecule has 1 aromatic carbocycles. The minimum absolute atomic E-state index is 0.0301. The summed E-state index contributed by atoms with van der Waals surface area (Å²) >= 11 is 5.02. The first-order chi connectivity index (χ1) is 19.9. The summed E-state index contributed by atoms with van der Waals surface area (Å²) in [5.74, 6) is 0.272. The third-order valence-corrected chi connectivity index (χ3v) is 10.4. The third kappa shape index (κ3) is 5.98. The van der Waals surface area contributed by atoms with E-state index in [0.717, 1.165) is 27.8 Å². The van der Waals surface area contributed by atoms with Crippen LogP contribution in [-0.4, -0.2) is 74.3 Å². The van der Waals surface area contributed by atoms with Gasteiger partial charge in [-0.1, -0.05) is 18.2 Å². The van der Waals surface area contributed by atoms with Crippen LogP contribution in [0.1, 0.15) is 74.0 Å². The maximum atomic E-state index is 14.6. The van der Waals surface area contributed by atoms with E-state index >= 15 is 0 Å². The van der Waals surface area contributed by atoms with Gasteiger partial charge in [0.25, 0.3) is 0 Å². The Hall–Kier alpha value is -2.47. The van der Waals surface area contributed by atoms with Crippen LogP contribution < -0.4 is 9.64 Å². The fourth-order valence-corrected chi connectivity index (χ4v) is 7.68. The third-order valence-electron chi connectivity index (χ3n) is 8.26. The number of Topliss-reactive ketones (excluding diaryl/α,β-unsaturated/α-hetero) is 1. The van der Waals surface area contributed by atoms with Crippen molar-refractivity contribution < 1.29 is 33.3 Å². The van der Waals surface area contributed by atoms with Gasteiger partial charge in [-0.15, -0.1) is 11.3 Å². The normalized spacial score (nSPS) is 20.0. The van der Waals surface area contributed by atoms with Crippen molar-refractivity contribution in [3.63, 3.8) is 0 Å². The van der Waals surface area contributed by atoms with E-state index in [1.807, 2.05) is 52.0 Å². The van der Waals surface area contributed by atoms with Crippen LogP contribution in [0.3, 0.4) is 0 Å². The highest BCUT2D eigenvalue weighted by Gasteiger charge is 2.56. The molecule has 228 valence electrons. The summed E-state index contributed by atoms with van der Waals surface area (Å²) in [7, 11) is 1.63. The highest BCUT2D eigenvalue weighted by Crippen LogP contribution is 2.51. The van der Waals surface area contributed by atoms with Crippen LogP contribution in [0.2, 0.25) is 0 Å². The summed E-state index contributed by atoms with van der Waals surface area (Å²) < 4.78 is 24.3. The summed E-state index contributed by atoms with van der Waals surface area (Å²) in [6.45, 7) is 9.36. The molecule has 1 spiro atoms. The molecule has 2 saturated heterocycles. The molecule has 3 aliphatic rings. The summed E-state index contributed by atoms with van der Waals surface area (Å²) in [5, 5.41) is 0.630. The van der Waals surface area contributed by atoms with Crippen molar-refractivity contribution >= 4 is 50.1 Å². The number of benzene rings is 1. The summed E-state index contributed by atoms with van der Waals surface area (Å²) in [4.78, 5) is 44.9. The quantitative estimate of drug-likeness (QED) is 0.335. The monoisotopic (exact) mass is 662 g/mol. The average Bonchev–Trinajstić information content (AvgIpc) is 3.27. The van der Waals surface area contributed by atoms with Crippen molar-refractivity contribution in [2.75, 3.05) is 44.9 Å². The number of likely N-dealkylation sites (tertiary alicyclic amines) is 1. The topological polar surface area (TPSA) is 94.6 Å². The summed E-state index contributed by atoms with van der Waals surface area (Å²) in [6, 6.07) is 7.70. The molecule has 9 nitrogen and oxygen atoms in total. The molecule has 3 aliphatic heterocycles. The highest BCUT2D eigenvalue weighted by molar-refractivity contribution is 9.11. The fraction of sp³-hybridized carbons (Fsp3) is 0.581. The number of rotatable bonds is 6. The van der Waals surface area contributed by atoms with Crippen LogP contribution in [0.5, 0.6) is 5.75 Å². The lowest BCUT2D eigenvalue weighted by molar-refractivity contribution is -0.129. The first-order valence-electron chi connectivity index (χ1n) is 14.4. The molecule has 5 rings (SSSR count). The van der Waals surface area contributed by atoms with Gasteiger partial charge in [0.15, 0.2) is 5.78 Å². The van der Waals surface area contributed by atoms with Gasteiger partial charge in [0.05, 0.1) is 29.1 Å². The minimum atomic E-state index is -1.26. The molecule has 0 radical (unpaired) electrons. The largest absolute Gasteiger partial charge is 0.496 e.